The third kappa shape index (κ3) is 3.76. The Hall–Kier alpha value is -3.75. The predicted molar refractivity (Wildman–Crippen MR) is 90.6 cm³/mol. The summed E-state index contributed by atoms with van der Waals surface area (Å²) in [4.78, 5) is 22.6. The van der Waals surface area contributed by atoms with E-state index in [1.54, 1.807) is 18.2 Å². The van der Waals surface area contributed by atoms with E-state index in [-0.39, 0.29) is 24.8 Å². The summed E-state index contributed by atoms with van der Waals surface area (Å²) in [5.41, 5.74) is 2.74. The number of carbonyl (C=O) groups is 1. The van der Waals surface area contributed by atoms with E-state index in [9.17, 15) is 9.18 Å². The van der Waals surface area contributed by atoms with Crippen LogP contribution in [0.5, 0.6) is 0 Å². The summed E-state index contributed by atoms with van der Waals surface area (Å²) >= 11 is 0. The monoisotopic (exact) mass is 367 g/mol. The fourth-order valence-electron chi connectivity index (χ4n) is 2.59. The summed E-state index contributed by atoms with van der Waals surface area (Å²) in [5.74, 6) is -0.626. The fourth-order valence-corrected chi connectivity index (χ4v) is 2.59. The molecule has 9 heteroatoms. The second-order valence-corrected chi connectivity index (χ2v) is 5.79. The number of hydrogen-bond donors (Lipinski definition) is 1. The maximum Gasteiger partial charge on any atom is 0.272 e. The Morgan fingerprint density at radius 3 is 2.22 bits per heavy atom. The molecule has 0 unspecified atom stereocenters. The van der Waals surface area contributed by atoms with Gasteiger partial charge in [0.1, 0.15) is 24.0 Å². The van der Waals surface area contributed by atoms with Gasteiger partial charge in [-0.1, -0.05) is 0 Å². The van der Waals surface area contributed by atoms with E-state index in [0.29, 0.717) is 28.3 Å². The molecular weight excluding hydrogens is 353 g/mol. The molecule has 3 aromatic heterocycles. The first kappa shape index (κ1) is 16.7. The average Bonchev–Trinajstić information content (AvgIpc) is 3.44. The zero-order valence-corrected chi connectivity index (χ0v) is 14.0. The highest BCUT2D eigenvalue weighted by Gasteiger charge is 2.21. The van der Waals surface area contributed by atoms with Crippen LogP contribution in [0.3, 0.4) is 0 Å². The van der Waals surface area contributed by atoms with Crippen molar-refractivity contribution in [2.24, 2.45) is 0 Å². The van der Waals surface area contributed by atoms with Gasteiger partial charge in [-0.15, -0.1) is 0 Å². The molecule has 4 aromatic rings. The molecule has 0 spiro atoms. The number of halogens is 1. The number of hydrogen-bond acceptors (Lipinski definition) is 6. The Kier molecular flexibility index (Phi) is 4.48. The van der Waals surface area contributed by atoms with Crippen molar-refractivity contribution in [2.75, 3.05) is 0 Å². The summed E-state index contributed by atoms with van der Waals surface area (Å²) in [6.45, 7) is 0.459. The number of amides is 1. The average molecular weight is 367 g/mol. The molecule has 1 amide bonds. The normalized spacial score (nSPS) is 10.9. The zero-order chi connectivity index (χ0) is 18.6. The molecule has 0 aliphatic heterocycles. The van der Waals surface area contributed by atoms with Crippen LogP contribution in [0.2, 0.25) is 0 Å². The number of rotatable bonds is 6. The lowest BCUT2D eigenvalue weighted by atomic mass is 10.1. The van der Waals surface area contributed by atoms with Crippen LogP contribution in [0.25, 0.3) is 11.3 Å². The van der Waals surface area contributed by atoms with Gasteiger partial charge in [0.05, 0.1) is 30.2 Å². The van der Waals surface area contributed by atoms with Gasteiger partial charge in [-0.2, -0.15) is 5.10 Å². The molecule has 1 N–H and O–H groups in total. The molecule has 8 nitrogen and oxygen atoms in total. The highest BCUT2D eigenvalue weighted by molar-refractivity contribution is 5.93. The molecule has 27 heavy (non-hydrogen) atoms. The third-order valence-electron chi connectivity index (χ3n) is 3.91. The van der Waals surface area contributed by atoms with Gasteiger partial charge < -0.3 is 13.7 Å². The molecule has 1 aromatic carbocycles. The highest BCUT2D eigenvalue weighted by atomic mass is 19.1. The maximum atomic E-state index is 13.1. The number of nitrogens with one attached hydrogen (secondary N) is 1. The Morgan fingerprint density at radius 2 is 1.67 bits per heavy atom. The molecule has 0 atom stereocenters. The number of carbonyl (C=O) groups excluding carboxylic acids is 1. The molecule has 0 fully saturated rings. The first-order valence-corrected chi connectivity index (χ1v) is 8.04. The summed E-state index contributed by atoms with van der Waals surface area (Å²) in [7, 11) is 0. The Morgan fingerprint density at radius 1 is 1.04 bits per heavy atom. The van der Waals surface area contributed by atoms with Crippen LogP contribution in [0.15, 0.2) is 64.5 Å². The largest absolute Gasteiger partial charge is 0.451 e. The Balaban J connectivity index is 1.58. The van der Waals surface area contributed by atoms with Crippen LogP contribution in [0.1, 0.15) is 21.9 Å². The molecule has 0 aliphatic rings. The summed E-state index contributed by atoms with van der Waals surface area (Å²) in [6.07, 6.45) is 5.55. The van der Waals surface area contributed by atoms with Crippen LogP contribution in [-0.4, -0.2) is 31.0 Å². The summed E-state index contributed by atoms with van der Waals surface area (Å²) in [6, 6.07) is 7.50. The van der Waals surface area contributed by atoms with Crippen LogP contribution < -0.4 is 0 Å². The van der Waals surface area contributed by atoms with Crippen molar-refractivity contribution in [2.45, 2.75) is 13.1 Å². The Bertz CT molecular complexity index is 974. The molecular formula is C18H14FN5O3. The lowest BCUT2D eigenvalue weighted by molar-refractivity contribution is 0.0719. The van der Waals surface area contributed by atoms with Crippen molar-refractivity contribution >= 4 is 5.91 Å². The van der Waals surface area contributed by atoms with Gasteiger partial charge in [0, 0.05) is 5.56 Å². The molecule has 4 rings (SSSR count). The van der Waals surface area contributed by atoms with E-state index in [4.69, 9.17) is 8.83 Å². The first-order valence-electron chi connectivity index (χ1n) is 8.04. The lowest BCUT2D eigenvalue weighted by Crippen LogP contribution is -2.30. The first-order chi connectivity index (χ1) is 13.2. The quantitative estimate of drug-likeness (QED) is 0.562. The van der Waals surface area contributed by atoms with E-state index >= 15 is 0 Å². The molecule has 0 saturated carbocycles. The van der Waals surface area contributed by atoms with Gasteiger partial charge in [-0.3, -0.25) is 9.89 Å². The van der Waals surface area contributed by atoms with Gasteiger partial charge in [-0.05, 0) is 30.3 Å². The predicted octanol–water partition coefficient (Wildman–Crippen LogP) is 3.03. The summed E-state index contributed by atoms with van der Waals surface area (Å²) in [5, 5.41) is 6.89. The minimum atomic E-state index is -0.336. The van der Waals surface area contributed by atoms with Crippen molar-refractivity contribution < 1.29 is 18.0 Å². The van der Waals surface area contributed by atoms with Crippen molar-refractivity contribution in [3.05, 3.63) is 78.5 Å². The van der Waals surface area contributed by atoms with Crippen LogP contribution in [0.4, 0.5) is 4.39 Å². The van der Waals surface area contributed by atoms with E-state index < -0.39 is 0 Å². The fraction of sp³-hybridized carbons (Fsp3) is 0.111. The SMILES string of the molecule is O=C(c1cc(-c2ccc(F)cc2)n[nH]1)N(Cc1cocn1)Cc1cocn1. The number of aromatic nitrogens is 4. The standard InChI is InChI=1S/C18H14FN5O3/c19-13-3-1-12(2-4-13)16-5-17(23-22-16)18(25)24(6-14-8-26-10-20-14)7-15-9-27-11-21-15/h1-5,8-11H,6-7H2,(H,22,23). The maximum absolute atomic E-state index is 13.1. The molecule has 3 heterocycles. The molecule has 0 bridgehead atoms. The molecule has 136 valence electrons. The minimum Gasteiger partial charge on any atom is -0.451 e. The van der Waals surface area contributed by atoms with Gasteiger partial charge in [0.15, 0.2) is 12.8 Å². The van der Waals surface area contributed by atoms with Crippen LogP contribution in [0, 0.1) is 5.82 Å². The highest BCUT2D eigenvalue weighted by Crippen LogP contribution is 2.20. The smallest absolute Gasteiger partial charge is 0.272 e. The van der Waals surface area contributed by atoms with Crippen LogP contribution >= 0.6 is 0 Å². The van der Waals surface area contributed by atoms with E-state index in [1.807, 2.05) is 0 Å². The topological polar surface area (TPSA) is 101 Å². The lowest BCUT2D eigenvalue weighted by Gasteiger charge is -2.19. The number of H-pyrrole nitrogens is 1. The van der Waals surface area contributed by atoms with Crippen LogP contribution in [-0.2, 0) is 13.1 Å². The minimum absolute atomic E-state index is 0.229. The van der Waals surface area contributed by atoms with Gasteiger partial charge >= 0.3 is 0 Å². The number of benzene rings is 1. The van der Waals surface area contributed by atoms with Crippen molar-refractivity contribution in [3.63, 3.8) is 0 Å². The van der Waals surface area contributed by atoms with E-state index in [0.717, 1.165) is 0 Å². The zero-order valence-electron chi connectivity index (χ0n) is 14.0. The van der Waals surface area contributed by atoms with Crippen molar-refractivity contribution in [3.8, 4) is 11.3 Å². The number of aromatic amines is 1. The number of nitrogens with zero attached hydrogens (tertiary/aromatic N) is 4. The molecule has 0 aliphatic carbocycles. The van der Waals surface area contributed by atoms with E-state index in [2.05, 4.69) is 20.2 Å². The second-order valence-electron chi connectivity index (χ2n) is 5.79. The molecule has 0 radical (unpaired) electrons. The Labute approximate surface area is 152 Å². The summed E-state index contributed by atoms with van der Waals surface area (Å²) < 4.78 is 23.0. The number of oxazole rings is 2. The van der Waals surface area contributed by atoms with Crippen molar-refractivity contribution in [1.82, 2.24) is 25.1 Å². The van der Waals surface area contributed by atoms with E-state index in [1.165, 1.54) is 42.3 Å². The second kappa shape index (κ2) is 7.24. The molecule has 0 saturated heterocycles. The van der Waals surface area contributed by atoms with Crippen molar-refractivity contribution in [1.29, 1.82) is 0 Å². The van der Waals surface area contributed by atoms with Gasteiger partial charge in [0.25, 0.3) is 5.91 Å². The van der Waals surface area contributed by atoms with Gasteiger partial charge in [0.2, 0.25) is 0 Å². The van der Waals surface area contributed by atoms with Gasteiger partial charge in [-0.25, -0.2) is 14.4 Å². The third-order valence-corrected chi connectivity index (χ3v) is 3.91.